The van der Waals surface area contributed by atoms with Crippen LogP contribution in [-0.2, 0) is 0 Å². The molecular formula is C19H18N4O2. The predicted molar refractivity (Wildman–Crippen MR) is 94.4 cm³/mol. The average molecular weight is 334 g/mol. The van der Waals surface area contributed by atoms with Gasteiger partial charge in [0, 0.05) is 17.5 Å². The third-order valence-electron chi connectivity index (χ3n) is 4.79. The van der Waals surface area contributed by atoms with Crippen molar-refractivity contribution in [3.05, 3.63) is 48.7 Å². The highest BCUT2D eigenvalue weighted by Crippen LogP contribution is 2.29. The van der Waals surface area contributed by atoms with E-state index >= 15 is 0 Å². The largest absolute Gasteiger partial charge is 0.472 e. The van der Waals surface area contributed by atoms with Crippen LogP contribution in [0.3, 0.4) is 0 Å². The first-order valence-corrected chi connectivity index (χ1v) is 8.54. The highest BCUT2D eigenvalue weighted by molar-refractivity contribution is 5.82. The fourth-order valence-corrected chi connectivity index (χ4v) is 3.45. The van der Waals surface area contributed by atoms with Crippen molar-refractivity contribution in [2.45, 2.75) is 31.4 Å². The maximum atomic E-state index is 6.10. The number of furan rings is 1. The van der Waals surface area contributed by atoms with Gasteiger partial charge in [0.15, 0.2) is 11.4 Å². The smallest absolute Gasteiger partial charge is 0.232 e. The third-order valence-corrected chi connectivity index (χ3v) is 4.79. The van der Waals surface area contributed by atoms with Gasteiger partial charge in [0.05, 0.1) is 6.20 Å². The maximum absolute atomic E-state index is 6.10. The summed E-state index contributed by atoms with van der Waals surface area (Å²) in [4.78, 5) is 4.41. The fraction of sp³-hybridized carbons (Fsp3) is 0.263. The van der Waals surface area contributed by atoms with Gasteiger partial charge in [-0.3, -0.25) is 0 Å². The summed E-state index contributed by atoms with van der Waals surface area (Å²) in [7, 11) is 0. The minimum atomic E-state index is 0.0307. The van der Waals surface area contributed by atoms with Gasteiger partial charge < -0.3 is 14.9 Å². The van der Waals surface area contributed by atoms with E-state index in [1.165, 1.54) is 0 Å². The summed E-state index contributed by atoms with van der Waals surface area (Å²) in [5.41, 5.74) is 8.49. The summed E-state index contributed by atoms with van der Waals surface area (Å²) in [6, 6.07) is 13.7. The lowest BCUT2D eigenvalue weighted by Crippen LogP contribution is -2.33. The van der Waals surface area contributed by atoms with Crippen molar-refractivity contribution < 1.29 is 9.15 Å². The first-order valence-electron chi connectivity index (χ1n) is 8.54. The van der Waals surface area contributed by atoms with Crippen LogP contribution in [0.15, 0.2) is 53.1 Å². The van der Waals surface area contributed by atoms with Gasteiger partial charge in [-0.2, -0.15) is 0 Å². The highest BCUT2D eigenvalue weighted by Gasteiger charge is 2.26. The lowest BCUT2D eigenvalue weighted by atomic mass is 10.2. The van der Waals surface area contributed by atoms with E-state index in [0.717, 1.165) is 47.3 Å². The number of ether oxygens (including phenoxy) is 1. The van der Waals surface area contributed by atoms with Gasteiger partial charge in [-0.15, -0.1) is 5.10 Å². The van der Waals surface area contributed by atoms with E-state index in [0.29, 0.717) is 5.88 Å². The molecule has 0 aliphatic heterocycles. The number of hydrogen-bond donors (Lipinski definition) is 1. The van der Waals surface area contributed by atoms with Crippen LogP contribution >= 0.6 is 0 Å². The number of hydrogen-bond acceptors (Lipinski definition) is 5. The molecular weight excluding hydrogens is 316 g/mol. The Balaban J connectivity index is 1.55. The molecule has 0 bridgehead atoms. The summed E-state index contributed by atoms with van der Waals surface area (Å²) in [6.07, 6.45) is 4.88. The molecule has 126 valence electrons. The molecule has 0 amide bonds. The molecule has 0 saturated heterocycles. The number of imidazole rings is 1. The minimum Gasteiger partial charge on any atom is -0.472 e. The van der Waals surface area contributed by atoms with E-state index in [4.69, 9.17) is 14.9 Å². The summed E-state index contributed by atoms with van der Waals surface area (Å²) in [5.74, 6) is 1.29. The number of nitrogens with zero attached hydrogens (tertiary/aromatic N) is 3. The average Bonchev–Trinajstić information content (AvgIpc) is 3.33. The van der Waals surface area contributed by atoms with Gasteiger partial charge in [-0.1, -0.05) is 18.2 Å². The molecule has 4 aromatic rings. The standard InChI is InChI=1S/C19H18N4O2/c20-13-5-3-7-16(13)25-19-9-8-18-21-11-14(23(18)22-19)17-10-12-4-1-2-6-15(12)24-17/h1-2,4,6,8-11,13,16H,3,5,7,20H2. The van der Waals surface area contributed by atoms with Crippen molar-refractivity contribution in [2.75, 3.05) is 0 Å². The Bertz CT molecular complexity index is 1020. The molecule has 1 aromatic carbocycles. The molecule has 5 rings (SSSR count). The number of benzene rings is 1. The summed E-state index contributed by atoms with van der Waals surface area (Å²) >= 11 is 0. The van der Waals surface area contributed by atoms with Gasteiger partial charge >= 0.3 is 0 Å². The molecule has 25 heavy (non-hydrogen) atoms. The van der Waals surface area contributed by atoms with Crippen LogP contribution in [-0.4, -0.2) is 26.7 Å². The zero-order valence-corrected chi connectivity index (χ0v) is 13.6. The first-order chi connectivity index (χ1) is 12.3. The lowest BCUT2D eigenvalue weighted by Gasteiger charge is -2.16. The topological polar surface area (TPSA) is 78.6 Å². The zero-order valence-electron chi connectivity index (χ0n) is 13.6. The Morgan fingerprint density at radius 3 is 2.92 bits per heavy atom. The van der Waals surface area contributed by atoms with E-state index in [1.54, 1.807) is 10.7 Å². The van der Waals surface area contributed by atoms with Crippen LogP contribution in [0.5, 0.6) is 5.88 Å². The molecule has 2 atom stereocenters. The van der Waals surface area contributed by atoms with Crippen LogP contribution in [0, 0.1) is 0 Å². The van der Waals surface area contributed by atoms with Crippen molar-refractivity contribution in [2.24, 2.45) is 5.73 Å². The third kappa shape index (κ3) is 2.46. The van der Waals surface area contributed by atoms with Crippen LogP contribution in [0.4, 0.5) is 0 Å². The number of fused-ring (bicyclic) bond motifs is 2. The SMILES string of the molecule is NC1CCCC1Oc1ccc2ncc(-c3cc4ccccc4o3)n2n1. The maximum Gasteiger partial charge on any atom is 0.232 e. The first kappa shape index (κ1) is 14.5. The molecule has 2 unspecified atom stereocenters. The number of aromatic nitrogens is 3. The molecule has 3 heterocycles. The Labute approximate surface area is 144 Å². The second kappa shape index (κ2) is 5.60. The van der Waals surface area contributed by atoms with Gasteiger partial charge in [0.2, 0.25) is 5.88 Å². The normalized spacial score (nSPS) is 20.5. The van der Waals surface area contributed by atoms with Gasteiger partial charge in [0.1, 0.15) is 17.4 Å². The molecule has 1 aliphatic carbocycles. The van der Waals surface area contributed by atoms with E-state index in [2.05, 4.69) is 10.1 Å². The van der Waals surface area contributed by atoms with Crippen molar-refractivity contribution >= 4 is 16.6 Å². The van der Waals surface area contributed by atoms with Gasteiger partial charge in [0.25, 0.3) is 0 Å². The molecule has 1 fully saturated rings. The summed E-state index contributed by atoms with van der Waals surface area (Å²) in [5, 5.41) is 5.65. The summed E-state index contributed by atoms with van der Waals surface area (Å²) < 4.78 is 13.7. The van der Waals surface area contributed by atoms with Crippen molar-refractivity contribution in [3.8, 4) is 17.3 Å². The Hall–Kier alpha value is -2.86. The molecule has 2 N–H and O–H groups in total. The van der Waals surface area contributed by atoms with E-state index in [9.17, 15) is 0 Å². The van der Waals surface area contributed by atoms with Crippen LogP contribution in [0.25, 0.3) is 28.1 Å². The van der Waals surface area contributed by atoms with Crippen molar-refractivity contribution in [3.63, 3.8) is 0 Å². The number of nitrogens with two attached hydrogens (primary N) is 1. The summed E-state index contributed by atoms with van der Waals surface area (Å²) in [6.45, 7) is 0. The molecule has 3 aromatic heterocycles. The lowest BCUT2D eigenvalue weighted by molar-refractivity contribution is 0.181. The monoisotopic (exact) mass is 334 g/mol. The van der Waals surface area contributed by atoms with Crippen LogP contribution < -0.4 is 10.5 Å². The zero-order chi connectivity index (χ0) is 16.8. The van der Waals surface area contributed by atoms with E-state index in [-0.39, 0.29) is 12.1 Å². The number of para-hydroxylation sites is 1. The molecule has 1 saturated carbocycles. The molecule has 1 aliphatic rings. The van der Waals surface area contributed by atoms with Gasteiger partial charge in [-0.05, 0) is 37.5 Å². The van der Waals surface area contributed by atoms with Crippen LogP contribution in [0.2, 0.25) is 0 Å². The molecule has 0 spiro atoms. The van der Waals surface area contributed by atoms with E-state index < -0.39 is 0 Å². The number of rotatable bonds is 3. The highest BCUT2D eigenvalue weighted by atomic mass is 16.5. The second-order valence-electron chi connectivity index (χ2n) is 6.48. The molecule has 6 nitrogen and oxygen atoms in total. The Morgan fingerprint density at radius 1 is 1.16 bits per heavy atom. The second-order valence-corrected chi connectivity index (χ2v) is 6.48. The fourth-order valence-electron chi connectivity index (χ4n) is 3.45. The molecule has 6 heteroatoms. The van der Waals surface area contributed by atoms with Crippen LogP contribution in [0.1, 0.15) is 19.3 Å². The van der Waals surface area contributed by atoms with Crippen molar-refractivity contribution in [1.29, 1.82) is 0 Å². The predicted octanol–water partition coefficient (Wildman–Crippen LogP) is 3.40. The van der Waals surface area contributed by atoms with Crippen molar-refractivity contribution in [1.82, 2.24) is 14.6 Å². The quantitative estimate of drug-likeness (QED) is 0.621. The van der Waals surface area contributed by atoms with Gasteiger partial charge in [-0.25, -0.2) is 9.50 Å². The Morgan fingerprint density at radius 2 is 2.08 bits per heavy atom. The Kier molecular flexibility index (Phi) is 3.24. The minimum absolute atomic E-state index is 0.0307. The van der Waals surface area contributed by atoms with E-state index in [1.807, 2.05) is 42.5 Å². The molecule has 0 radical (unpaired) electrons.